The van der Waals surface area contributed by atoms with Crippen molar-refractivity contribution in [1.29, 1.82) is 0 Å². The highest BCUT2D eigenvalue weighted by Crippen LogP contribution is 2.27. The van der Waals surface area contributed by atoms with Crippen molar-refractivity contribution in [3.05, 3.63) is 16.4 Å². The van der Waals surface area contributed by atoms with Gasteiger partial charge in [-0.2, -0.15) is 0 Å². The van der Waals surface area contributed by atoms with Crippen LogP contribution < -0.4 is 10.2 Å². The number of carbonyl (C=O) groups excluding carboxylic acids is 1. The lowest BCUT2D eigenvalue weighted by molar-refractivity contribution is 0.0609. The predicted octanol–water partition coefficient (Wildman–Crippen LogP) is 2.56. The molecule has 0 aromatic carbocycles. The maximum atomic E-state index is 11.8. The zero-order chi connectivity index (χ0) is 16.2. The van der Waals surface area contributed by atoms with Gasteiger partial charge in [-0.05, 0) is 20.8 Å². The van der Waals surface area contributed by atoms with Gasteiger partial charge in [0.05, 0.1) is 19.9 Å². The molecule has 118 valence electrons. The van der Waals surface area contributed by atoms with Gasteiger partial charge in [0.2, 0.25) is 0 Å². The van der Waals surface area contributed by atoms with Gasteiger partial charge in [0.15, 0.2) is 11.5 Å². The fourth-order valence-corrected chi connectivity index (χ4v) is 1.79. The van der Waals surface area contributed by atoms with E-state index in [1.54, 1.807) is 20.8 Å². The van der Waals surface area contributed by atoms with Gasteiger partial charge in [0, 0.05) is 7.11 Å². The molecule has 0 bridgehead atoms. The highest BCUT2D eigenvalue weighted by atomic mass is 32.1. The molecular formula is C13H20N2O5S. The van der Waals surface area contributed by atoms with Crippen LogP contribution in [0.4, 0.5) is 4.79 Å². The Labute approximate surface area is 128 Å². The minimum atomic E-state index is -0.677. The number of nitrogens with one attached hydrogen (secondary N) is 1. The van der Waals surface area contributed by atoms with Crippen LogP contribution in [0.25, 0.3) is 0 Å². The molecule has 0 radical (unpaired) electrons. The number of aromatic hydroxyl groups is 1. The van der Waals surface area contributed by atoms with E-state index in [0.29, 0.717) is 0 Å². The Kier molecular flexibility index (Phi) is 5.56. The molecule has 0 saturated carbocycles. The van der Waals surface area contributed by atoms with Crippen molar-refractivity contribution < 1.29 is 24.1 Å². The summed E-state index contributed by atoms with van der Waals surface area (Å²) >= 11 is 5.07. The van der Waals surface area contributed by atoms with E-state index in [2.05, 4.69) is 5.43 Å². The number of carbonyl (C=O) groups is 1. The lowest BCUT2D eigenvalue weighted by Crippen LogP contribution is -2.32. The zero-order valence-electron chi connectivity index (χ0n) is 12.7. The third-order valence-electron chi connectivity index (χ3n) is 2.36. The van der Waals surface area contributed by atoms with Gasteiger partial charge in [-0.25, -0.2) is 10.2 Å². The Balaban J connectivity index is 3.18. The summed E-state index contributed by atoms with van der Waals surface area (Å²) in [6.07, 6.45) is 0.767. The fraction of sp³-hybridized carbons (Fsp3) is 0.538. The second kappa shape index (κ2) is 6.77. The van der Waals surface area contributed by atoms with Crippen molar-refractivity contribution in [3.8, 4) is 11.5 Å². The van der Waals surface area contributed by atoms with Gasteiger partial charge in [-0.15, -0.1) is 0 Å². The summed E-state index contributed by atoms with van der Waals surface area (Å²) in [6.45, 7) is 5.29. The number of aromatic nitrogens is 1. The highest BCUT2D eigenvalue weighted by molar-refractivity contribution is 7.71. The van der Waals surface area contributed by atoms with Crippen molar-refractivity contribution in [1.82, 2.24) is 4.68 Å². The first-order chi connectivity index (χ1) is 9.69. The Morgan fingerprint density at radius 3 is 2.52 bits per heavy atom. The molecule has 1 heterocycles. The molecule has 1 aromatic rings. The predicted molar refractivity (Wildman–Crippen MR) is 79.8 cm³/mol. The van der Waals surface area contributed by atoms with E-state index in [-0.39, 0.29) is 28.3 Å². The molecule has 8 heteroatoms. The first-order valence-corrected chi connectivity index (χ1v) is 6.61. The lowest BCUT2D eigenvalue weighted by atomic mass is 10.2. The van der Waals surface area contributed by atoms with Crippen molar-refractivity contribution in [2.24, 2.45) is 0 Å². The number of nitrogens with zero attached hydrogens (tertiary/aromatic N) is 1. The lowest BCUT2D eigenvalue weighted by Gasteiger charge is -2.22. The normalized spacial score (nSPS) is 11.1. The summed E-state index contributed by atoms with van der Waals surface area (Å²) < 4.78 is 16.6. The second-order valence-electron chi connectivity index (χ2n) is 5.24. The highest BCUT2D eigenvalue weighted by Gasteiger charge is 2.19. The van der Waals surface area contributed by atoms with Crippen LogP contribution in [0.3, 0.4) is 0 Å². The number of pyridine rings is 1. The standard InChI is InChI=1S/C13H20N2O5S/c1-13(2,3)20-12(17)14-15-6-9(19-5)11(21)10(16)8(15)7-18-4/h6,16H,7H2,1-5H3,(H,14,17). The topological polar surface area (TPSA) is 82.0 Å². The first-order valence-electron chi connectivity index (χ1n) is 6.20. The van der Waals surface area contributed by atoms with Crippen LogP contribution in [-0.2, 0) is 16.1 Å². The molecule has 0 atom stereocenters. The van der Waals surface area contributed by atoms with E-state index >= 15 is 0 Å². The average Bonchev–Trinajstić information content (AvgIpc) is 2.36. The minimum absolute atomic E-state index is 0.0509. The van der Waals surface area contributed by atoms with E-state index in [1.165, 1.54) is 25.1 Å². The fourth-order valence-electron chi connectivity index (χ4n) is 1.53. The van der Waals surface area contributed by atoms with Gasteiger partial charge in [-0.3, -0.25) is 4.68 Å². The molecule has 0 unspecified atom stereocenters. The molecule has 0 saturated heterocycles. The van der Waals surface area contributed by atoms with Crippen molar-refractivity contribution in [2.45, 2.75) is 33.0 Å². The maximum Gasteiger partial charge on any atom is 0.426 e. The smallest absolute Gasteiger partial charge is 0.426 e. The molecule has 1 rings (SSSR count). The summed E-state index contributed by atoms with van der Waals surface area (Å²) in [5.41, 5.74) is 2.13. The third-order valence-corrected chi connectivity index (χ3v) is 2.76. The molecule has 2 N–H and O–H groups in total. The Hall–Kier alpha value is -1.80. The van der Waals surface area contributed by atoms with Crippen LogP contribution >= 0.6 is 12.2 Å². The van der Waals surface area contributed by atoms with Crippen LogP contribution in [0.2, 0.25) is 0 Å². The number of hydrogen-bond donors (Lipinski definition) is 2. The number of methoxy groups -OCH3 is 2. The van der Waals surface area contributed by atoms with E-state index in [4.69, 9.17) is 26.4 Å². The number of amides is 1. The third kappa shape index (κ3) is 4.61. The van der Waals surface area contributed by atoms with Crippen LogP contribution in [0.5, 0.6) is 11.5 Å². The zero-order valence-corrected chi connectivity index (χ0v) is 13.5. The van der Waals surface area contributed by atoms with Gasteiger partial charge in [-0.1, -0.05) is 12.2 Å². The molecule has 1 amide bonds. The van der Waals surface area contributed by atoms with Crippen molar-refractivity contribution in [2.75, 3.05) is 19.6 Å². The average molecular weight is 316 g/mol. The van der Waals surface area contributed by atoms with Crippen molar-refractivity contribution in [3.63, 3.8) is 0 Å². The van der Waals surface area contributed by atoms with E-state index in [0.717, 1.165) is 0 Å². The second-order valence-corrected chi connectivity index (χ2v) is 5.65. The molecular weight excluding hydrogens is 296 g/mol. The van der Waals surface area contributed by atoms with Crippen LogP contribution in [0.1, 0.15) is 26.5 Å². The minimum Gasteiger partial charge on any atom is -0.504 e. The summed E-state index contributed by atoms with van der Waals surface area (Å²) in [4.78, 5) is 11.8. The van der Waals surface area contributed by atoms with Gasteiger partial charge in [0.1, 0.15) is 15.8 Å². The Morgan fingerprint density at radius 2 is 2.05 bits per heavy atom. The summed E-state index contributed by atoms with van der Waals surface area (Å²) in [5, 5.41) is 10.1. The molecule has 0 aliphatic heterocycles. The largest absolute Gasteiger partial charge is 0.504 e. The van der Waals surface area contributed by atoms with E-state index in [1.807, 2.05) is 0 Å². The summed E-state index contributed by atoms with van der Waals surface area (Å²) in [6, 6.07) is 0. The molecule has 0 aliphatic carbocycles. The molecule has 0 spiro atoms. The van der Waals surface area contributed by atoms with Crippen molar-refractivity contribution >= 4 is 18.3 Å². The van der Waals surface area contributed by atoms with Crippen LogP contribution in [0, 0.1) is 4.51 Å². The van der Waals surface area contributed by atoms with Crippen LogP contribution in [0.15, 0.2) is 6.20 Å². The van der Waals surface area contributed by atoms with E-state index < -0.39 is 11.7 Å². The van der Waals surface area contributed by atoms with Gasteiger partial charge in [0.25, 0.3) is 0 Å². The summed E-state index contributed by atoms with van der Waals surface area (Å²) in [5.74, 6) is 0.0562. The summed E-state index contributed by atoms with van der Waals surface area (Å²) in [7, 11) is 2.88. The Bertz CT molecular complexity index is 577. The Morgan fingerprint density at radius 1 is 1.43 bits per heavy atom. The molecule has 0 fully saturated rings. The quantitative estimate of drug-likeness (QED) is 0.831. The maximum absolute atomic E-state index is 11.8. The monoisotopic (exact) mass is 316 g/mol. The van der Waals surface area contributed by atoms with Gasteiger partial charge >= 0.3 is 6.09 Å². The van der Waals surface area contributed by atoms with Crippen LogP contribution in [-0.4, -0.2) is 35.7 Å². The molecule has 21 heavy (non-hydrogen) atoms. The van der Waals surface area contributed by atoms with E-state index in [9.17, 15) is 9.90 Å². The number of rotatable bonds is 4. The number of hydrogen-bond acceptors (Lipinski definition) is 6. The molecule has 7 nitrogen and oxygen atoms in total. The molecule has 0 aliphatic rings. The van der Waals surface area contributed by atoms with Gasteiger partial charge < -0.3 is 19.3 Å². The first kappa shape index (κ1) is 17.3. The number of ether oxygens (including phenoxy) is 3. The molecule has 1 aromatic heterocycles. The SMILES string of the molecule is COCc1c(O)c(=S)c(OC)cn1NC(=O)OC(C)(C)C.